The van der Waals surface area contributed by atoms with Crippen molar-refractivity contribution in [1.29, 1.82) is 0 Å². The maximum absolute atomic E-state index is 10.1. The van der Waals surface area contributed by atoms with Gasteiger partial charge in [0.25, 0.3) is 0 Å². The lowest BCUT2D eigenvalue weighted by atomic mass is 10.2. The predicted molar refractivity (Wildman–Crippen MR) is 41.1 cm³/mol. The summed E-state index contributed by atoms with van der Waals surface area (Å²) in [6, 6.07) is -0.114. The fourth-order valence-electron chi connectivity index (χ4n) is 0.573. The Morgan fingerprint density at radius 3 is 2.78 bits per heavy atom. The fourth-order valence-corrected chi connectivity index (χ4v) is 1.03. The molecule has 0 aliphatic carbocycles. The largest absolute Gasteiger partial charge is 0.326 e. The summed E-state index contributed by atoms with van der Waals surface area (Å²) in [6.07, 6.45) is 4.01. The summed E-state index contributed by atoms with van der Waals surface area (Å²) in [7, 11) is 0. The lowest BCUT2D eigenvalue weighted by molar-refractivity contribution is 0.169. The summed E-state index contributed by atoms with van der Waals surface area (Å²) in [6.45, 7) is -0.131. The van der Waals surface area contributed by atoms with Crippen molar-refractivity contribution in [3.63, 3.8) is 0 Å². The van der Waals surface area contributed by atoms with Crippen LogP contribution < -0.4 is 5.73 Å². The van der Waals surface area contributed by atoms with E-state index in [2.05, 4.69) is 6.26 Å². The molecule has 1 radical (unpaired) electrons. The lowest BCUT2D eigenvalue weighted by Crippen LogP contribution is -2.23. The highest BCUT2D eigenvalue weighted by Crippen LogP contribution is 2.00. The Labute approximate surface area is 60.8 Å². The molecule has 0 bridgehead atoms. The van der Waals surface area contributed by atoms with Gasteiger partial charge in [0, 0.05) is 6.04 Å². The van der Waals surface area contributed by atoms with Crippen molar-refractivity contribution in [3.05, 3.63) is 0 Å². The Balaban J connectivity index is 2.88. The molecule has 0 amide bonds. The topological polar surface area (TPSA) is 45.9 Å². The SMILES string of the molecule is CSCCCC(N)C[O]. The molecule has 0 aromatic rings. The Morgan fingerprint density at radius 2 is 2.33 bits per heavy atom. The van der Waals surface area contributed by atoms with Gasteiger partial charge in [0.15, 0.2) is 0 Å². The van der Waals surface area contributed by atoms with E-state index in [1.165, 1.54) is 0 Å². The number of hydrogen-bond acceptors (Lipinski definition) is 2. The van der Waals surface area contributed by atoms with Crippen LogP contribution in [0.15, 0.2) is 0 Å². The van der Waals surface area contributed by atoms with E-state index in [-0.39, 0.29) is 12.6 Å². The third kappa shape index (κ3) is 6.15. The van der Waals surface area contributed by atoms with Crippen LogP contribution in [0.1, 0.15) is 12.8 Å². The molecule has 2 nitrogen and oxygen atoms in total. The van der Waals surface area contributed by atoms with Crippen molar-refractivity contribution in [2.75, 3.05) is 18.6 Å². The lowest BCUT2D eigenvalue weighted by Gasteiger charge is -2.03. The van der Waals surface area contributed by atoms with Crippen LogP contribution in [0.3, 0.4) is 0 Å². The highest BCUT2D eigenvalue weighted by molar-refractivity contribution is 7.98. The van der Waals surface area contributed by atoms with Crippen molar-refractivity contribution in [2.24, 2.45) is 5.73 Å². The van der Waals surface area contributed by atoms with Crippen LogP contribution in [-0.2, 0) is 5.11 Å². The first-order valence-electron chi connectivity index (χ1n) is 3.14. The molecule has 0 heterocycles. The molecule has 0 aromatic heterocycles. The molecular formula is C6H14NOS. The van der Waals surface area contributed by atoms with E-state index < -0.39 is 0 Å². The summed E-state index contributed by atoms with van der Waals surface area (Å²) >= 11 is 1.80. The van der Waals surface area contributed by atoms with Gasteiger partial charge >= 0.3 is 0 Å². The minimum atomic E-state index is -0.131. The van der Waals surface area contributed by atoms with Gasteiger partial charge in [-0.05, 0) is 24.9 Å². The minimum absolute atomic E-state index is 0.114. The summed E-state index contributed by atoms with van der Waals surface area (Å²) < 4.78 is 0. The molecule has 0 aromatic carbocycles. The molecule has 55 valence electrons. The highest BCUT2D eigenvalue weighted by atomic mass is 32.2. The van der Waals surface area contributed by atoms with Crippen molar-refractivity contribution in [3.8, 4) is 0 Å². The first-order chi connectivity index (χ1) is 4.31. The predicted octanol–water partition coefficient (Wildman–Crippen LogP) is 0.887. The molecule has 0 fully saturated rings. The molecule has 1 unspecified atom stereocenters. The Kier molecular flexibility index (Phi) is 6.58. The van der Waals surface area contributed by atoms with Crippen LogP contribution in [0.2, 0.25) is 0 Å². The normalized spacial score (nSPS) is 13.7. The maximum Gasteiger partial charge on any atom is 0.0973 e. The standard InChI is InChI=1S/C6H14NOS/c1-9-4-2-3-6(7)5-8/h6H,2-5,7H2,1H3. The van der Waals surface area contributed by atoms with Crippen LogP contribution in [-0.4, -0.2) is 24.7 Å². The van der Waals surface area contributed by atoms with Gasteiger partial charge < -0.3 is 5.73 Å². The van der Waals surface area contributed by atoms with Gasteiger partial charge in [0.05, 0.1) is 6.61 Å². The first kappa shape index (κ1) is 9.27. The zero-order chi connectivity index (χ0) is 7.11. The molecule has 0 spiro atoms. The van der Waals surface area contributed by atoms with E-state index in [1.54, 1.807) is 11.8 Å². The smallest absolute Gasteiger partial charge is 0.0973 e. The quantitative estimate of drug-likeness (QED) is 0.588. The molecule has 0 aliphatic heterocycles. The van der Waals surface area contributed by atoms with Gasteiger partial charge in [-0.15, -0.1) is 0 Å². The van der Waals surface area contributed by atoms with E-state index in [0.717, 1.165) is 18.6 Å². The number of thioether (sulfide) groups is 1. The van der Waals surface area contributed by atoms with Gasteiger partial charge in [-0.2, -0.15) is 11.8 Å². The van der Waals surface area contributed by atoms with Crippen LogP contribution in [0.5, 0.6) is 0 Å². The first-order valence-corrected chi connectivity index (χ1v) is 4.53. The van der Waals surface area contributed by atoms with Gasteiger partial charge in [-0.3, -0.25) is 0 Å². The zero-order valence-corrected chi connectivity index (χ0v) is 6.62. The molecule has 3 heteroatoms. The van der Waals surface area contributed by atoms with E-state index >= 15 is 0 Å². The third-order valence-corrected chi connectivity index (χ3v) is 1.83. The van der Waals surface area contributed by atoms with E-state index in [1.807, 2.05) is 0 Å². The maximum atomic E-state index is 10.1. The second kappa shape index (κ2) is 6.39. The van der Waals surface area contributed by atoms with E-state index in [4.69, 9.17) is 5.73 Å². The van der Waals surface area contributed by atoms with Gasteiger partial charge in [0.1, 0.15) is 0 Å². The van der Waals surface area contributed by atoms with Gasteiger partial charge in [0.2, 0.25) is 0 Å². The summed E-state index contributed by atoms with van der Waals surface area (Å²) in [5.41, 5.74) is 5.39. The van der Waals surface area contributed by atoms with Crippen LogP contribution in [0, 0.1) is 0 Å². The van der Waals surface area contributed by atoms with Crippen molar-refractivity contribution in [1.82, 2.24) is 0 Å². The van der Waals surface area contributed by atoms with Crippen LogP contribution >= 0.6 is 11.8 Å². The van der Waals surface area contributed by atoms with E-state index in [9.17, 15) is 5.11 Å². The molecule has 1 atom stereocenters. The molecule has 0 saturated carbocycles. The average molecular weight is 148 g/mol. The summed E-state index contributed by atoms with van der Waals surface area (Å²) in [5.74, 6) is 1.12. The highest BCUT2D eigenvalue weighted by Gasteiger charge is 1.98. The van der Waals surface area contributed by atoms with Gasteiger partial charge in [-0.25, -0.2) is 5.11 Å². The zero-order valence-electron chi connectivity index (χ0n) is 5.80. The number of rotatable bonds is 5. The molecular weight excluding hydrogens is 134 g/mol. The Morgan fingerprint density at radius 1 is 1.67 bits per heavy atom. The summed E-state index contributed by atoms with van der Waals surface area (Å²) in [5, 5.41) is 10.1. The van der Waals surface area contributed by atoms with Crippen molar-refractivity contribution in [2.45, 2.75) is 18.9 Å². The Hall–Kier alpha value is 0.270. The minimum Gasteiger partial charge on any atom is -0.326 e. The fraction of sp³-hybridized carbons (Fsp3) is 1.00. The second-order valence-corrected chi connectivity index (χ2v) is 3.05. The molecule has 0 aliphatic rings. The number of nitrogens with two attached hydrogens (primary N) is 1. The molecule has 0 rings (SSSR count). The van der Waals surface area contributed by atoms with Crippen molar-refractivity contribution >= 4 is 11.8 Å². The van der Waals surface area contributed by atoms with Crippen LogP contribution in [0.25, 0.3) is 0 Å². The van der Waals surface area contributed by atoms with Crippen LogP contribution in [0.4, 0.5) is 0 Å². The molecule has 0 saturated heterocycles. The molecule has 9 heavy (non-hydrogen) atoms. The summed E-state index contributed by atoms with van der Waals surface area (Å²) in [4.78, 5) is 0. The van der Waals surface area contributed by atoms with Crippen molar-refractivity contribution < 1.29 is 5.11 Å². The average Bonchev–Trinajstić information content (AvgIpc) is 1.89. The molecule has 2 N–H and O–H groups in total. The van der Waals surface area contributed by atoms with Gasteiger partial charge in [-0.1, -0.05) is 0 Å². The Bertz CT molecular complexity index is 61.0. The monoisotopic (exact) mass is 148 g/mol. The number of hydrogen-bond donors (Lipinski definition) is 1. The van der Waals surface area contributed by atoms with E-state index in [0.29, 0.717) is 0 Å². The third-order valence-electron chi connectivity index (χ3n) is 1.14. The second-order valence-electron chi connectivity index (χ2n) is 2.06.